The highest BCUT2D eigenvalue weighted by Gasteiger charge is 2.45. The van der Waals surface area contributed by atoms with Crippen molar-refractivity contribution < 1.29 is 0 Å². The lowest BCUT2D eigenvalue weighted by atomic mass is 9.61. The lowest BCUT2D eigenvalue weighted by Gasteiger charge is -2.40. The maximum Gasteiger partial charge on any atom is 0.0757 e. The molecule has 1 N–H and O–H groups in total. The first-order valence-electron chi connectivity index (χ1n) is 8.75. The minimum absolute atomic E-state index is 0.211. The van der Waals surface area contributed by atoms with Crippen LogP contribution in [0, 0.1) is 5.92 Å². The van der Waals surface area contributed by atoms with Crippen molar-refractivity contribution >= 4 is 17.2 Å². The minimum atomic E-state index is -0.211. The van der Waals surface area contributed by atoms with Gasteiger partial charge in [-0.3, -0.25) is 0 Å². The van der Waals surface area contributed by atoms with Gasteiger partial charge in [-0.25, -0.2) is 0 Å². The van der Waals surface area contributed by atoms with Crippen LogP contribution in [0.4, 0.5) is 0 Å². The molecule has 25 heavy (non-hydrogen) atoms. The summed E-state index contributed by atoms with van der Waals surface area (Å²) in [5.41, 5.74) is 3.76. The maximum atomic E-state index is 5.50. The molecule has 1 aliphatic rings. The zero-order valence-corrected chi connectivity index (χ0v) is 14.9. The molecule has 1 aliphatic heterocycles. The second-order valence-corrected chi connectivity index (χ2v) is 7.10. The number of thiocarbonyl (C=S) groups is 1. The molecule has 0 bridgehead atoms. The van der Waals surface area contributed by atoms with Gasteiger partial charge >= 0.3 is 0 Å². The summed E-state index contributed by atoms with van der Waals surface area (Å²) < 4.78 is 0. The predicted molar refractivity (Wildman–Crippen MR) is 108 cm³/mol. The zero-order chi connectivity index (χ0) is 17.1. The second kappa shape index (κ2) is 6.81. The Morgan fingerprint density at radius 1 is 0.680 bits per heavy atom. The average molecular weight is 343 g/mol. The van der Waals surface area contributed by atoms with Crippen molar-refractivity contribution in [2.24, 2.45) is 5.92 Å². The molecule has 1 heterocycles. The van der Waals surface area contributed by atoms with Crippen LogP contribution in [0.1, 0.15) is 23.1 Å². The normalized spacial score (nSPS) is 17.3. The fourth-order valence-electron chi connectivity index (χ4n) is 4.22. The van der Waals surface area contributed by atoms with E-state index in [4.69, 9.17) is 12.2 Å². The summed E-state index contributed by atoms with van der Waals surface area (Å²) in [6.45, 7) is 0.900. The average Bonchev–Trinajstić information content (AvgIpc) is 3.12. The highest BCUT2D eigenvalue weighted by atomic mass is 32.1. The second-order valence-electron chi connectivity index (χ2n) is 6.61. The molecule has 1 fully saturated rings. The van der Waals surface area contributed by atoms with Gasteiger partial charge in [-0.05, 0) is 16.7 Å². The Labute approximate surface area is 154 Å². The molecule has 1 unspecified atom stereocenters. The zero-order valence-electron chi connectivity index (χ0n) is 14.1. The molecule has 0 radical (unpaired) electrons. The maximum absolute atomic E-state index is 5.50. The Morgan fingerprint density at radius 2 is 1.08 bits per heavy atom. The topological polar surface area (TPSA) is 12.0 Å². The molecule has 0 aromatic heterocycles. The molecule has 2 heteroatoms. The van der Waals surface area contributed by atoms with Gasteiger partial charge < -0.3 is 5.32 Å². The molecule has 1 nitrogen and oxygen atoms in total. The van der Waals surface area contributed by atoms with Gasteiger partial charge in [0.2, 0.25) is 0 Å². The summed E-state index contributed by atoms with van der Waals surface area (Å²) in [4.78, 5) is 0.970. The first-order valence-corrected chi connectivity index (χ1v) is 9.16. The van der Waals surface area contributed by atoms with Gasteiger partial charge in [-0.2, -0.15) is 0 Å². The number of hydrogen-bond donors (Lipinski definition) is 1. The summed E-state index contributed by atoms with van der Waals surface area (Å²) in [6.07, 6.45) is 0.911. The van der Waals surface area contributed by atoms with E-state index in [-0.39, 0.29) is 5.41 Å². The summed E-state index contributed by atoms with van der Waals surface area (Å²) in [5, 5.41) is 3.42. The van der Waals surface area contributed by atoms with Gasteiger partial charge in [0.15, 0.2) is 0 Å². The van der Waals surface area contributed by atoms with Gasteiger partial charge in [0.1, 0.15) is 0 Å². The molecule has 0 aliphatic carbocycles. The molecule has 4 rings (SSSR count). The van der Waals surface area contributed by atoms with E-state index in [0.717, 1.165) is 18.0 Å². The molecular formula is C23H21NS. The van der Waals surface area contributed by atoms with Gasteiger partial charge in [0.05, 0.1) is 4.99 Å². The molecule has 1 atom stereocenters. The van der Waals surface area contributed by atoms with Crippen LogP contribution in [0.5, 0.6) is 0 Å². The van der Waals surface area contributed by atoms with E-state index in [1.165, 1.54) is 16.7 Å². The number of rotatable bonds is 4. The summed E-state index contributed by atoms with van der Waals surface area (Å²) in [5.74, 6) is 0.382. The van der Waals surface area contributed by atoms with Crippen molar-refractivity contribution in [2.45, 2.75) is 11.8 Å². The lowest BCUT2D eigenvalue weighted by molar-refractivity contribution is 0.407. The van der Waals surface area contributed by atoms with Crippen molar-refractivity contribution in [3.63, 3.8) is 0 Å². The summed E-state index contributed by atoms with van der Waals surface area (Å²) >= 11 is 5.50. The smallest absolute Gasteiger partial charge is 0.0757 e. The Balaban J connectivity index is 2.03. The van der Waals surface area contributed by atoms with Crippen molar-refractivity contribution in [1.29, 1.82) is 0 Å². The van der Waals surface area contributed by atoms with Crippen molar-refractivity contribution in [1.82, 2.24) is 5.32 Å². The predicted octanol–water partition coefficient (Wildman–Crippen LogP) is 4.96. The van der Waals surface area contributed by atoms with Crippen LogP contribution >= 0.6 is 12.2 Å². The summed E-state index contributed by atoms with van der Waals surface area (Å²) in [7, 11) is 0. The number of benzene rings is 3. The van der Waals surface area contributed by atoms with E-state index >= 15 is 0 Å². The fourth-order valence-corrected chi connectivity index (χ4v) is 4.51. The first kappa shape index (κ1) is 16.0. The molecule has 0 amide bonds. The lowest BCUT2D eigenvalue weighted by Crippen LogP contribution is -2.39. The molecular weight excluding hydrogens is 322 g/mol. The highest BCUT2D eigenvalue weighted by molar-refractivity contribution is 7.80. The van der Waals surface area contributed by atoms with Gasteiger partial charge in [-0.1, -0.05) is 103 Å². The van der Waals surface area contributed by atoms with E-state index in [2.05, 4.69) is 96.3 Å². The fraction of sp³-hybridized carbons (Fsp3) is 0.174. The van der Waals surface area contributed by atoms with Gasteiger partial charge in [0.25, 0.3) is 0 Å². The third-order valence-electron chi connectivity index (χ3n) is 5.28. The van der Waals surface area contributed by atoms with E-state index in [1.807, 2.05) is 0 Å². The molecule has 0 spiro atoms. The Hall–Kier alpha value is -2.45. The van der Waals surface area contributed by atoms with Crippen LogP contribution in [0.25, 0.3) is 0 Å². The Morgan fingerprint density at radius 3 is 1.40 bits per heavy atom. The quantitative estimate of drug-likeness (QED) is 0.531. The summed E-state index contributed by atoms with van der Waals surface area (Å²) in [6, 6.07) is 32.6. The van der Waals surface area contributed by atoms with Crippen LogP contribution in [-0.2, 0) is 5.41 Å². The van der Waals surface area contributed by atoms with E-state index < -0.39 is 0 Å². The number of nitrogens with one attached hydrogen (secondary N) is 1. The molecule has 3 aromatic rings. The molecule has 3 aromatic carbocycles. The Bertz CT molecular complexity index is 746. The minimum Gasteiger partial charge on any atom is -0.379 e. The highest BCUT2D eigenvalue weighted by Crippen LogP contribution is 2.47. The van der Waals surface area contributed by atoms with E-state index in [1.54, 1.807) is 0 Å². The molecule has 1 saturated heterocycles. The monoisotopic (exact) mass is 343 g/mol. The van der Waals surface area contributed by atoms with Crippen LogP contribution in [0.3, 0.4) is 0 Å². The van der Waals surface area contributed by atoms with E-state index in [9.17, 15) is 0 Å². The largest absolute Gasteiger partial charge is 0.379 e. The standard InChI is InChI=1S/C23H21NS/c25-22-16-21(17-24-22)23(18-10-4-1-5-11-18,19-12-6-2-7-13-19)20-14-8-3-9-15-20/h1-15,21H,16-17H2,(H,24,25). The Kier molecular flexibility index (Phi) is 4.37. The third kappa shape index (κ3) is 2.77. The van der Waals surface area contributed by atoms with Crippen molar-refractivity contribution in [3.05, 3.63) is 108 Å². The van der Waals surface area contributed by atoms with Gasteiger partial charge in [-0.15, -0.1) is 0 Å². The van der Waals surface area contributed by atoms with Crippen molar-refractivity contribution in [2.75, 3.05) is 6.54 Å². The van der Waals surface area contributed by atoms with E-state index in [0.29, 0.717) is 5.92 Å². The van der Waals surface area contributed by atoms with Crippen LogP contribution in [0.15, 0.2) is 91.0 Å². The van der Waals surface area contributed by atoms with Crippen LogP contribution < -0.4 is 5.32 Å². The first-order chi connectivity index (χ1) is 12.3. The molecule has 0 saturated carbocycles. The van der Waals surface area contributed by atoms with Crippen molar-refractivity contribution in [3.8, 4) is 0 Å². The van der Waals surface area contributed by atoms with Gasteiger partial charge in [0, 0.05) is 24.3 Å². The van der Waals surface area contributed by atoms with Crippen LogP contribution in [0.2, 0.25) is 0 Å². The third-order valence-corrected chi connectivity index (χ3v) is 5.59. The molecule has 124 valence electrons. The SMILES string of the molecule is S=C1CC(C(c2ccccc2)(c2ccccc2)c2ccccc2)CN1. The number of hydrogen-bond acceptors (Lipinski definition) is 1. The van der Waals surface area contributed by atoms with Crippen LogP contribution in [-0.4, -0.2) is 11.5 Å².